The van der Waals surface area contributed by atoms with Gasteiger partial charge in [0.05, 0.1) is 12.1 Å². The Bertz CT molecular complexity index is 661. The molecule has 0 unspecified atom stereocenters. The molecule has 0 bridgehead atoms. The van der Waals surface area contributed by atoms with Crippen molar-refractivity contribution in [1.82, 2.24) is 5.32 Å². The number of Topliss-reactive ketones (excluding diaryl/α,β-unsaturated/α-hetero) is 1. The zero-order chi connectivity index (χ0) is 23.3. The van der Waals surface area contributed by atoms with Crippen LogP contribution < -0.4 is 5.32 Å². The van der Waals surface area contributed by atoms with Crippen LogP contribution in [0.25, 0.3) is 0 Å². The predicted molar refractivity (Wildman–Crippen MR) is 108 cm³/mol. The van der Waals surface area contributed by atoms with E-state index in [0.29, 0.717) is 0 Å². The summed E-state index contributed by atoms with van der Waals surface area (Å²) in [6.45, 7) is 15.5. The number of hydrogen-bond donors (Lipinski definition) is 3. The molecule has 30 heavy (non-hydrogen) atoms. The van der Waals surface area contributed by atoms with E-state index in [-0.39, 0.29) is 6.42 Å². The molecule has 2 aliphatic heterocycles. The summed E-state index contributed by atoms with van der Waals surface area (Å²) < 4.78 is 22.3. The molecule has 0 radical (unpaired) electrons. The summed E-state index contributed by atoms with van der Waals surface area (Å²) in [5.41, 5.74) is -2.90. The van der Waals surface area contributed by atoms with Crippen LogP contribution in [0, 0.1) is 5.41 Å². The van der Waals surface area contributed by atoms with Gasteiger partial charge in [0.25, 0.3) is 0 Å². The molecule has 2 rings (SSSR count). The molecule has 0 aromatic rings. The molecule has 0 aromatic heterocycles. The molecule has 0 spiro atoms. The summed E-state index contributed by atoms with van der Waals surface area (Å²) in [6, 6.07) is -0.903. The number of fused-ring (bicyclic) bond motifs is 1. The van der Waals surface area contributed by atoms with Crippen LogP contribution in [0.15, 0.2) is 0 Å². The van der Waals surface area contributed by atoms with Gasteiger partial charge in [-0.1, -0.05) is 20.8 Å². The molecule has 1 amide bonds. The molecule has 2 saturated heterocycles. The first-order valence-electron chi connectivity index (χ1n) is 10.3. The van der Waals surface area contributed by atoms with E-state index in [9.17, 15) is 19.8 Å². The zero-order valence-corrected chi connectivity index (χ0v) is 19.4. The molecule has 0 saturated carbocycles. The topological polar surface area (TPSA) is 124 Å². The molecule has 0 aromatic carbocycles. The van der Waals surface area contributed by atoms with Crippen molar-refractivity contribution < 1.29 is 38.7 Å². The van der Waals surface area contributed by atoms with Gasteiger partial charge in [0.2, 0.25) is 0 Å². The van der Waals surface area contributed by atoms with Gasteiger partial charge in [0.1, 0.15) is 23.4 Å². The number of hydrogen-bond acceptors (Lipinski definition) is 8. The Balaban J connectivity index is 2.08. The van der Waals surface area contributed by atoms with Crippen LogP contribution >= 0.6 is 0 Å². The van der Waals surface area contributed by atoms with Gasteiger partial charge in [-0.15, -0.1) is 0 Å². The van der Waals surface area contributed by atoms with Crippen LogP contribution in [-0.4, -0.2) is 69.7 Å². The lowest BCUT2D eigenvalue weighted by molar-refractivity contribution is -0.239. The normalized spacial score (nSPS) is 33.0. The minimum absolute atomic E-state index is 0.332. The summed E-state index contributed by atoms with van der Waals surface area (Å²) in [7, 11) is 0. The maximum absolute atomic E-state index is 13.0. The minimum atomic E-state index is -1.56. The lowest BCUT2D eigenvalue weighted by Gasteiger charge is -2.35. The van der Waals surface area contributed by atoms with Crippen molar-refractivity contribution in [2.75, 3.05) is 0 Å². The third-order valence-electron chi connectivity index (χ3n) is 5.10. The van der Waals surface area contributed by atoms with Gasteiger partial charge in [-0.05, 0) is 47.0 Å². The van der Waals surface area contributed by atoms with Crippen molar-refractivity contribution in [3.8, 4) is 0 Å². The van der Waals surface area contributed by atoms with E-state index < -0.39 is 64.9 Å². The van der Waals surface area contributed by atoms with Gasteiger partial charge in [-0.2, -0.15) is 0 Å². The maximum atomic E-state index is 13.0. The summed E-state index contributed by atoms with van der Waals surface area (Å²) in [5, 5.41) is 24.2. The summed E-state index contributed by atoms with van der Waals surface area (Å²) in [6.07, 6.45) is -5.09. The molecule has 3 N–H and O–H groups in total. The smallest absolute Gasteiger partial charge is 0.408 e. The molecule has 2 aliphatic rings. The number of rotatable bonds is 5. The Morgan fingerprint density at radius 3 is 2.13 bits per heavy atom. The van der Waals surface area contributed by atoms with Crippen molar-refractivity contribution in [3.63, 3.8) is 0 Å². The van der Waals surface area contributed by atoms with Crippen LogP contribution in [0.1, 0.15) is 68.7 Å². The molecule has 2 fully saturated rings. The van der Waals surface area contributed by atoms with E-state index >= 15 is 0 Å². The third-order valence-corrected chi connectivity index (χ3v) is 5.10. The van der Waals surface area contributed by atoms with Crippen molar-refractivity contribution >= 4 is 11.9 Å². The highest BCUT2D eigenvalue weighted by molar-refractivity contribution is 5.88. The third kappa shape index (κ3) is 5.70. The molecular formula is C21H37NO8. The number of carbonyl (C=O) groups excluding carboxylic acids is 2. The monoisotopic (exact) mass is 431 g/mol. The van der Waals surface area contributed by atoms with Crippen LogP contribution in [-0.2, 0) is 23.7 Å². The zero-order valence-electron chi connectivity index (χ0n) is 19.4. The summed E-state index contributed by atoms with van der Waals surface area (Å²) in [4.78, 5) is 25.2. The van der Waals surface area contributed by atoms with Crippen molar-refractivity contribution in [3.05, 3.63) is 0 Å². The summed E-state index contributed by atoms with van der Waals surface area (Å²) in [5.74, 6) is -1.32. The number of aliphatic hydroxyl groups excluding tert-OH is 1. The number of amides is 1. The Hall–Kier alpha value is -1.26. The second-order valence-electron chi connectivity index (χ2n) is 10.9. The van der Waals surface area contributed by atoms with Gasteiger partial charge in [-0.3, -0.25) is 4.79 Å². The SMILES string of the molecule is CC(C)(C)OC(=O)N[C@H](C(=O)C[C@@H](O)[C@H]1O[C@@H]2OC(C)(C)O[C@@H]2[C@]1(C)O)C(C)(C)C. The van der Waals surface area contributed by atoms with Gasteiger partial charge >= 0.3 is 6.09 Å². The van der Waals surface area contributed by atoms with Gasteiger partial charge < -0.3 is 34.5 Å². The largest absolute Gasteiger partial charge is 0.444 e. The fourth-order valence-corrected chi connectivity index (χ4v) is 3.79. The first-order chi connectivity index (χ1) is 13.3. The van der Waals surface area contributed by atoms with Crippen LogP contribution in [0.2, 0.25) is 0 Å². The highest BCUT2D eigenvalue weighted by atomic mass is 16.8. The average molecular weight is 432 g/mol. The number of ether oxygens (including phenoxy) is 4. The fourth-order valence-electron chi connectivity index (χ4n) is 3.79. The van der Waals surface area contributed by atoms with E-state index in [4.69, 9.17) is 18.9 Å². The molecule has 0 aliphatic carbocycles. The fraction of sp³-hybridized carbons (Fsp3) is 0.905. The number of ketones is 1. The molecular weight excluding hydrogens is 394 g/mol. The van der Waals surface area contributed by atoms with Crippen LogP contribution in [0.4, 0.5) is 4.79 Å². The Morgan fingerprint density at radius 2 is 1.67 bits per heavy atom. The van der Waals surface area contributed by atoms with E-state index in [1.54, 1.807) is 55.4 Å². The van der Waals surface area contributed by atoms with Crippen LogP contribution in [0.5, 0.6) is 0 Å². The molecule has 2 heterocycles. The van der Waals surface area contributed by atoms with Crippen molar-refractivity contribution in [1.29, 1.82) is 0 Å². The van der Waals surface area contributed by atoms with E-state index in [1.807, 2.05) is 0 Å². The van der Waals surface area contributed by atoms with Crippen LogP contribution in [0.3, 0.4) is 0 Å². The second-order valence-corrected chi connectivity index (χ2v) is 10.9. The van der Waals surface area contributed by atoms with Crippen molar-refractivity contribution in [2.45, 2.75) is 116 Å². The Labute approximate surface area is 178 Å². The summed E-state index contributed by atoms with van der Waals surface area (Å²) >= 11 is 0. The molecule has 6 atom stereocenters. The van der Waals surface area contributed by atoms with E-state index in [2.05, 4.69) is 5.32 Å². The predicted octanol–water partition coefficient (Wildman–Crippen LogP) is 1.87. The number of aliphatic hydroxyl groups is 2. The van der Waals surface area contributed by atoms with E-state index in [0.717, 1.165) is 0 Å². The Kier molecular flexibility index (Phi) is 6.68. The molecule has 174 valence electrons. The molecule has 9 heteroatoms. The standard InChI is InChI=1S/C21H37NO8/c1-18(2,3)13(22-17(25)30-19(4,5)6)11(23)10-12(24)14-21(9,26)15-16(27-14)29-20(7,8)28-15/h12-16,24,26H,10H2,1-9H3,(H,22,25)/t12-,13-,14-,15+,16-,21-/m1/s1. The number of alkyl carbamates (subject to hydrolysis) is 1. The second kappa shape index (κ2) is 8.02. The van der Waals surface area contributed by atoms with Crippen molar-refractivity contribution in [2.24, 2.45) is 5.41 Å². The maximum Gasteiger partial charge on any atom is 0.408 e. The first-order valence-corrected chi connectivity index (χ1v) is 10.3. The minimum Gasteiger partial charge on any atom is -0.444 e. The highest BCUT2D eigenvalue weighted by Gasteiger charge is 2.62. The number of nitrogens with one attached hydrogen (secondary N) is 1. The number of carbonyl (C=O) groups is 2. The molecule has 9 nitrogen and oxygen atoms in total. The Morgan fingerprint density at radius 1 is 1.10 bits per heavy atom. The lowest BCUT2D eigenvalue weighted by Crippen LogP contribution is -2.54. The van der Waals surface area contributed by atoms with Gasteiger partial charge in [0, 0.05) is 6.42 Å². The highest BCUT2D eigenvalue weighted by Crippen LogP contribution is 2.44. The average Bonchev–Trinajstić information content (AvgIpc) is 2.93. The quantitative estimate of drug-likeness (QED) is 0.603. The van der Waals surface area contributed by atoms with Gasteiger partial charge in [-0.25, -0.2) is 4.79 Å². The van der Waals surface area contributed by atoms with Gasteiger partial charge in [0.15, 0.2) is 17.9 Å². The van der Waals surface area contributed by atoms with E-state index in [1.165, 1.54) is 6.92 Å². The lowest BCUT2D eigenvalue weighted by atomic mass is 9.81. The first kappa shape index (κ1) is 25.0.